The van der Waals surface area contributed by atoms with Crippen LogP contribution < -0.4 is 0 Å². The molecule has 0 heterocycles. The van der Waals surface area contributed by atoms with E-state index in [1.807, 2.05) is 55.4 Å². The highest BCUT2D eigenvalue weighted by molar-refractivity contribution is 5.77. The lowest BCUT2D eigenvalue weighted by atomic mass is 10.3. The van der Waals surface area contributed by atoms with E-state index in [1.54, 1.807) is 25.4 Å². The first-order valence-electron chi connectivity index (χ1n) is 9.03. The summed E-state index contributed by atoms with van der Waals surface area (Å²) in [6.45, 7) is 38.1. The standard InChI is InChI=1S/2C6H9N.C5H8N2.3C2H6/c1-6(2)4-5-7-3;1-4-7-5-6(2)3;1-5(2)7-4-6-3;3*1-2/h4-5H,1,3H2,2H3;4-5H,1-2H2,3H3;4H,1,3H2,2H3;3*1-2H3/b5-4-;;;;;. The molecule has 0 saturated carbocycles. The summed E-state index contributed by atoms with van der Waals surface area (Å²) in [5, 5.41) is 0. The average Bonchev–Trinajstić information content (AvgIpc) is 2.68. The van der Waals surface area contributed by atoms with Crippen LogP contribution in [0.4, 0.5) is 0 Å². The highest BCUT2D eigenvalue weighted by Crippen LogP contribution is 1.86. The molecule has 0 aromatic heterocycles. The molecule has 0 aromatic rings. The Labute approximate surface area is 170 Å². The van der Waals surface area contributed by atoms with Gasteiger partial charge < -0.3 is 0 Å². The predicted molar refractivity (Wildman–Crippen MR) is 134 cm³/mol. The van der Waals surface area contributed by atoms with Crippen LogP contribution in [-0.2, 0) is 0 Å². The van der Waals surface area contributed by atoms with Crippen LogP contribution in [0.25, 0.3) is 0 Å². The maximum atomic E-state index is 3.71. The monoisotopic (exact) mass is 376 g/mol. The Kier molecular flexibility index (Phi) is 72.3. The maximum absolute atomic E-state index is 3.71. The summed E-state index contributed by atoms with van der Waals surface area (Å²) in [6, 6.07) is 0. The van der Waals surface area contributed by atoms with Crippen molar-refractivity contribution >= 4 is 26.0 Å². The van der Waals surface area contributed by atoms with Gasteiger partial charge in [0.25, 0.3) is 0 Å². The van der Waals surface area contributed by atoms with Crippen LogP contribution in [0.5, 0.6) is 0 Å². The van der Waals surface area contributed by atoms with Gasteiger partial charge in [-0.2, -0.15) is 0 Å². The molecule has 0 aliphatic carbocycles. The number of aliphatic imine (C=N–C) groups is 4. The van der Waals surface area contributed by atoms with Gasteiger partial charge in [-0.05, 0) is 45.9 Å². The van der Waals surface area contributed by atoms with Crippen molar-refractivity contribution in [3.8, 4) is 0 Å². The average molecular weight is 377 g/mol. The van der Waals surface area contributed by atoms with Crippen LogP contribution in [0.1, 0.15) is 62.3 Å². The van der Waals surface area contributed by atoms with Crippen molar-refractivity contribution in [3.63, 3.8) is 0 Å². The zero-order valence-corrected chi connectivity index (χ0v) is 19.4. The van der Waals surface area contributed by atoms with Gasteiger partial charge in [0.05, 0.1) is 0 Å². The molecule has 0 aromatic carbocycles. The van der Waals surface area contributed by atoms with E-state index >= 15 is 0 Å². The van der Waals surface area contributed by atoms with Crippen LogP contribution in [0.2, 0.25) is 0 Å². The highest BCUT2D eigenvalue weighted by atomic mass is 14.8. The van der Waals surface area contributed by atoms with Gasteiger partial charge in [-0.1, -0.05) is 73.4 Å². The number of rotatable bonds is 6. The molecule has 0 amide bonds. The Hall–Kier alpha value is -2.62. The maximum Gasteiger partial charge on any atom is 0.114 e. The summed E-state index contributed by atoms with van der Waals surface area (Å²) in [5.74, 6) is 0. The molecule has 0 aliphatic heterocycles. The molecule has 0 atom stereocenters. The Morgan fingerprint density at radius 1 is 0.741 bits per heavy atom. The van der Waals surface area contributed by atoms with Gasteiger partial charge in [-0.25, -0.2) is 4.99 Å². The molecule has 0 saturated heterocycles. The van der Waals surface area contributed by atoms with E-state index in [0.29, 0.717) is 0 Å². The normalized spacial score (nSPS) is 7.89. The highest BCUT2D eigenvalue weighted by Gasteiger charge is 1.67. The number of hydrogen-bond acceptors (Lipinski definition) is 3. The second-order valence-corrected chi connectivity index (χ2v) is 3.81. The molecule has 4 nitrogen and oxygen atoms in total. The van der Waals surface area contributed by atoms with Gasteiger partial charge in [0.2, 0.25) is 0 Å². The smallest absolute Gasteiger partial charge is 0.114 e. The van der Waals surface area contributed by atoms with Crippen molar-refractivity contribution in [2.75, 3.05) is 0 Å². The molecule has 27 heavy (non-hydrogen) atoms. The topological polar surface area (TPSA) is 49.4 Å². The zero-order valence-electron chi connectivity index (χ0n) is 19.4. The molecule has 0 spiro atoms. The fourth-order valence-corrected chi connectivity index (χ4v) is 0.499. The minimum Gasteiger partial charge on any atom is -0.273 e. The van der Waals surface area contributed by atoms with E-state index in [2.05, 4.69) is 59.7 Å². The van der Waals surface area contributed by atoms with Crippen molar-refractivity contribution in [3.05, 3.63) is 61.6 Å². The second-order valence-electron chi connectivity index (χ2n) is 3.81. The molecular formula is C23H44N4. The van der Waals surface area contributed by atoms with E-state index < -0.39 is 0 Å². The fraction of sp³-hybridized carbons (Fsp3) is 0.391. The Morgan fingerprint density at radius 2 is 1.19 bits per heavy atom. The van der Waals surface area contributed by atoms with Gasteiger partial charge in [0.1, 0.15) is 6.34 Å². The summed E-state index contributed by atoms with van der Waals surface area (Å²) < 4.78 is 0. The van der Waals surface area contributed by atoms with Crippen molar-refractivity contribution < 1.29 is 0 Å². The largest absolute Gasteiger partial charge is 0.273 e. The minimum atomic E-state index is 0.743. The number of hydrogen-bond donors (Lipinski definition) is 0. The van der Waals surface area contributed by atoms with Crippen molar-refractivity contribution in [1.29, 1.82) is 0 Å². The molecule has 0 unspecified atom stereocenters. The van der Waals surface area contributed by atoms with Gasteiger partial charge in [0, 0.05) is 24.3 Å². The lowest BCUT2D eigenvalue weighted by Crippen LogP contribution is -1.68. The molecular weight excluding hydrogens is 332 g/mol. The number of allylic oxidation sites excluding steroid dienone is 4. The molecule has 0 aliphatic rings. The lowest BCUT2D eigenvalue weighted by Gasteiger charge is -1.77. The van der Waals surface area contributed by atoms with Crippen molar-refractivity contribution in [1.82, 2.24) is 0 Å². The molecule has 0 radical (unpaired) electrons. The van der Waals surface area contributed by atoms with Crippen LogP contribution in [0, 0.1) is 0 Å². The zero-order chi connectivity index (χ0) is 23.1. The van der Waals surface area contributed by atoms with E-state index in [1.165, 1.54) is 12.5 Å². The fourth-order valence-electron chi connectivity index (χ4n) is 0.499. The quantitative estimate of drug-likeness (QED) is 0.257. The van der Waals surface area contributed by atoms with Crippen LogP contribution >= 0.6 is 0 Å². The molecule has 156 valence electrons. The second kappa shape index (κ2) is 49.5. The van der Waals surface area contributed by atoms with Crippen molar-refractivity contribution in [2.45, 2.75) is 62.3 Å². The van der Waals surface area contributed by atoms with Crippen molar-refractivity contribution in [2.24, 2.45) is 20.0 Å². The number of nitrogens with zero attached hydrogens (tertiary/aromatic N) is 4. The third kappa shape index (κ3) is 121. The first-order chi connectivity index (χ1) is 12.8. The Morgan fingerprint density at radius 3 is 1.30 bits per heavy atom. The summed E-state index contributed by atoms with van der Waals surface area (Å²) >= 11 is 0. The van der Waals surface area contributed by atoms with E-state index in [4.69, 9.17) is 0 Å². The van der Waals surface area contributed by atoms with Crippen LogP contribution in [0.15, 0.2) is 81.6 Å². The van der Waals surface area contributed by atoms with Gasteiger partial charge in [-0.15, -0.1) is 0 Å². The van der Waals surface area contributed by atoms with Crippen LogP contribution in [0.3, 0.4) is 0 Å². The first kappa shape index (κ1) is 39.4. The Bertz CT molecular complexity index is 373. The third-order valence-corrected chi connectivity index (χ3v) is 1.22. The summed E-state index contributed by atoms with van der Waals surface area (Å²) in [5.41, 5.74) is 2.68. The Balaban J connectivity index is -0.0000000535. The molecule has 0 fully saturated rings. The third-order valence-electron chi connectivity index (χ3n) is 1.22. The SMILES string of the molecule is C=CN=CC(=C)C.C=N/C=C\C(=C)C.C=NC=NC(=C)C.CC.CC.CC. The molecule has 0 rings (SSSR count). The summed E-state index contributed by atoms with van der Waals surface area (Å²) in [7, 11) is 0. The summed E-state index contributed by atoms with van der Waals surface area (Å²) in [4.78, 5) is 14.3. The van der Waals surface area contributed by atoms with Crippen LogP contribution in [-0.4, -0.2) is 26.0 Å². The van der Waals surface area contributed by atoms with E-state index in [0.717, 1.165) is 16.8 Å². The lowest BCUT2D eigenvalue weighted by molar-refractivity contribution is 1.33. The van der Waals surface area contributed by atoms with Gasteiger partial charge in [0.15, 0.2) is 0 Å². The molecule has 0 bridgehead atoms. The minimum absolute atomic E-state index is 0.743. The van der Waals surface area contributed by atoms with E-state index in [-0.39, 0.29) is 0 Å². The predicted octanol–water partition coefficient (Wildman–Crippen LogP) is 7.88. The van der Waals surface area contributed by atoms with E-state index in [9.17, 15) is 0 Å². The molecule has 4 heteroatoms. The van der Waals surface area contributed by atoms with Gasteiger partial charge in [-0.3, -0.25) is 15.0 Å². The summed E-state index contributed by atoms with van der Waals surface area (Å²) in [6.07, 6.45) is 7.92. The first-order valence-corrected chi connectivity index (χ1v) is 9.03. The van der Waals surface area contributed by atoms with Gasteiger partial charge >= 0.3 is 0 Å². The molecule has 0 N–H and O–H groups in total.